The molecule has 0 saturated heterocycles. The second kappa shape index (κ2) is 8.54. The van der Waals surface area contributed by atoms with E-state index in [2.05, 4.69) is 25.5 Å². The van der Waals surface area contributed by atoms with Crippen LogP contribution in [0.3, 0.4) is 0 Å². The second-order valence-electron chi connectivity index (χ2n) is 7.12. The summed E-state index contributed by atoms with van der Waals surface area (Å²) >= 11 is 0. The van der Waals surface area contributed by atoms with Gasteiger partial charge in [-0.05, 0) is 25.3 Å². The number of fused-ring (bicyclic) bond motifs is 1. The minimum Gasteiger partial charge on any atom is -0.336 e. The van der Waals surface area contributed by atoms with Crippen LogP contribution < -0.4 is 5.73 Å². The van der Waals surface area contributed by atoms with Gasteiger partial charge in [0.25, 0.3) is 0 Å². The number of nitrogens with zero attached hydrogens (tertiary/aromatic N) is 3. The second-order valence-corrected chi connectivity index (χ2v) is 7.12. The molecule has 1 aliphatic carbocycles. The summed E-state index contributed by atoms with van der Waals surface area (Å²) in [6.07, 6.45) is 4.16. The van der Waals surface area contributed by atoms with Crippen molar-refractivity contribution < 1.29 is 4.79 Å². The Balaban J connectivity index is 0.00000144. The lowest BCUT2D eigenvalue weighted by Gasteiger charge is -2.30. The largest absolute Gasteiger partial charge is 0.336 e. The molecule has 0 aromatic carbocycles. The molecule has 2 atom stereocenters. The number of hydrogen-bond donors (Lipinski definition) is 1. The summed E-state index contributed by atoms with van der Waals surface area (Å²) in [6.45, 7) is 6.46. The number of nitrogens with two attached hydrogens (primary N) is 1. The van der Waals surface area contributed by atoms with Crippen LogP contribution in [0.2, 0.25) is 0 Å². The van der Waals surface area contributed by atoms with Crippen molar-refractivity contribution in [3.8, 4) is 0 Å². The monoisotopic (exact) mass is 376 g/mol. The summed E-state index contributed by atoms with van der Waals surface area (Å²) in [5, 5.41) is 0. The molecule has 0 unspecified atom stereocenters. The van der Waals surface area contributed by atoms with Crippen molar-refractivity contribution in [1.82, 2.24) is 14.5 Å². The van der Waals surface area contributed by atoms with Crippen LogP contribution in [-0.4, -0.2) is 33.4 Å². The Labute approximate surface area is 157 Å². The molecular formula is C17H30Cl2N4O. The molecule has 0 radical (unpaired) electrons. The zero-order chi connectivity index (χ0) is 15.9. The molecular weight excluding hydrogens is 347 g/mol. The minimum atomic E-state index is 0. The maximum Gasteiger partial charge on any atom is 0.226 e. The fourth-order valence-corrected chi connectivity index (χ4v) is 4.13. The topological polar surface area (TPSA) is 64.2 Å². The summed E-state index contributed by atoms with van der Waals surface area (Å²) in [4.78, 5) is 19.6. The van der Waals surface area contributed by atoms with Crippen molar-refractivity contribution in [3.63, 3.8) is 0 Å². The maximum absolute atomic E-state index is 12.8. The molecule has 24 heavy (non-hydrogen) atoms. The van der Waals surface area contributed by atoms with Gasteiger partial charge in [-0.25, -0.2) is 4.98 Å². The van der Waals surface area contributed by atoms with Crippen LogP contribution in [0.4, 0.5) is 0 Å². The van der Waals surface area contributed by atoms with Crippen molar-refractivity contribution in [2.24, 2.45) is 24.6 Å². The van der Waals surface area contributed by atoms with E-state index < -0.39 is 0 Å². The van der Waals surface area contributed by atoms with Crippen LogP contribution in [0, 0.1) is 11.8 Å². The number of hydrogen-bond acceptors (Lipinski definition) is 3. The van der Waals surface area contributed by atoms with Crippen molar-refractivity contribution >= 4 is 30.7 Å². The van der Waals surface area contributed by atoms with E-state index in [0.29, 0.717) is 30.8 Å². The lowest BCUT2D eigenvalue weighted by Crippen LogP contribution is -2.42. The Morgan fingerprint density at radius 3 is 2.67 bits per heavy atom. The average Bonchev–Trinajstić information content (AvgIpc) is 3.10. The highest BCUT2D eigenvalue weighted by Crippen LogP contribution is 2.33. The molecule has 2 N–H and O–H groups in total. The summed E-state index contributed by atoms with van der Waals surface area (Å²) in [5.41, 5.74) is 8.23. The Kier molecular flexibility index (Phi) is 7.57. The van der Waals surface area contributed by atoms with Gasteiger partial charge in [-0.1, -0.05) is 20.3 Å². The zero-order valence-electron chi connectivity index (χ0n) is 14.8. The molecule has 3 rings (SSSR count). The first-order chi connectivity index (χ1) is 10.5. The van der Waals surface area contributed by atoms with Gasteiger partial charge in [-0.2, -0.15) is 0 Å². The van der Waals surface area contributed by atoms with Crippen LogP contribution in [0.5, 0.6) is 0 Å². The fraction of sp³-hybridized carbons (Fsp3) is 0.765. The molecule has 1 aromatic heterocycles. The quantitative estimate of drug-likeness (QED) is 0.881. The number of amides is 1. The number of halogens is 2. The first-order valence-electron chi connectivity index (χ1n) is 8.56. The first-order valence-corrected chi connectivity index (χ1v) is 8.56. The molecule has 2 aliphatic rings. The van der Waals surface area contributed by atoms with Crippen molar-refractivity contribution in [2.45, 2.75) is 52.0 Å². The third-order valence-electron chi connectivity index (χ3n) is 5.40. The van der Waals surface area contributed by atoms with E-state index in [4.69, 9.17) is 10.7 Å². The van der Waals surface area contributed by atoms with Gasteiger partial charge < -0.3 is 15.2 Å². The lowest BCUT2D eigenvalue weighted by molar-refractivity contribution is -0.137. The fourth-order valence-electron chi connectivity index (χ4n) is 4.13. The molecule has 2 heterocycles. The van der Waals surface area contributed by atoms with Gasteiger partial charge in [0.05, 0.1) is 12.2 Å². The normalized spacial score (nSPS) is 22.8. The summed E-state index contributed by atoms with van der Waals surface area (Å²) in [5.74, 6) is 2.36. The van der Waals surface area contributed by atoms with E-state index >= 15 is 0 Å². The Morgan fingerprint density at radius 2 is 2.04 bits per heavy atom. The maximum atomic E-state index is 12.8. The average molecular weight is 377 g/mol. The van der Waals surface area contributed by atoms with Gasteiger partial charge in [-0.3, -0.25) is 4.79 Å². The number of aromatic nitrogens is 2. The molecule has 5 nitrogen and oxygen atoms in total. The standard InChI is InChI=1S/C17H28N4O.2ClH/c1-11(2)16-19-14-10-21(8-7-15(14)20(16)3)17(22)13-6-4-5-12(13)9-18;;/h11-13H,4-10,18H2,1-3H3;2*1H/t12-,13-;;/m1../s1. The number of carbonyl (C=O) groups excluding carboxylic acids is 1. The van der Waals surface area contributed by atoms with Crippen LogP contribution in [-0.2, 0) is 24.8 Å². The third-order valence-corrected chi connectivity index (χ3v) is 5.40. The molecule has 1 amide bonds. The molecule has 138 valence electrons. The van der Waals surface area contributed by atoms with Gasteiger partial charge in [0.1, 0.15) is 5.82 Å². The SMILES string of the molecule is CC(C)c1nc2c(n1C)CCN(C(=O)[C@@H]1CCC[C@@H]1CN)C2.Cl.Cl. The van der Waals surface area contributed by atoms with E-state index in [0.717, 1.165) is 43.7 Å². The zero-order valence-corrected chi connectivity index (χ0v) is 16.5. The van der Waals surface area contributed by atoms with E-state index in [9.17, 15) is 4.79 Å². The Hall–Kier alpha value is -0.780. The smallest absolute Gasteiger partial charge is 0.226 e. The van der Waals surface area contributed by atoms with Crippen molar-refractivity contribution in [2.75, 3.05) is 13.1 Å². The van der Waals surface area contributed by atoms with Gasteiger partial charge in [0, 0.05) is 37.5 Å². The summed E-state index contributed by atoms with van der Waals surface area (Å²) in [7, 11) is 2.10. The van der Waals surface area contributed by atoms with Crippen LogP contribution >= 0.6 is 24.8 Å². The van der Waals surface area contributed by atoms with E-state index in [1.165, 1.54) is 5.69 Å². The first kappa shape index (κ1) is 21.3. The van der Waals surface area contributed by atoms with Crippen molar-refractivity contribution in [3.05, 3.63) is 17.2 Å². The third kappa shape index (κ3) is 3.73. The van der Waals surface area contributed by atoms with Crippen molar-refractivity contribution in [1.29, 1.82) is 0 Å². The van der Waals surface area contributed by atoms with Gasteiger partial charge >= 0.3 is 0 Å². The predicted octanol–water partition coefficient (Wildman–Crippen LogP) is 2.65. The van der Waals surface area contributed by atoms with Gasteiger partial charge in [0.15, 0.2) is 0 Å². The number of carbonyl (C=O) groups is 1. The lowest BCUT2D eigenvalue weighted by atomic mass is 9.94. The van der Waals surface area contributed by atoms with E-state index in [-0.39, 0.29) is 30.7 Å². The highest BCUT2D eigenvalue weighted by Gasteiger charge is 2.36. The van der Waals surface area contributed by atoms with Crippen LogP contribution in [0.25, 0.3) is 0 Å². The van der Waals surface area contributed by atoms with E-state index in [1.807, 2.05) is 4.90 Å². The number of rotatable bonds is 3. The Bertz CT molecular complexity index is 573. The highest BCUT2D eigenvalue weighted by atomic mass is 35.5. The highest BCUT2D eigenvalue weighted by molar-refractivity contribution is 5.85. The van der Waals surface area contributed by atoms with Gasteiger partial charge in [0.2, 0.25) is 5.91 Å². The number of imidazole rings is 1. The molecule has 1 aromatic rings. The molecule has 7 heteroatoms. The van der Waals surface area contributed by atoms with Crippen LogP contribution in [0.1, 0.15) is 56.2 Å². The molecule has 1 fully saturated rings. The summed E-state index contributed by atoms with van der Waals surface area (Å²) in [6, 6.07) is 0. The predicted molar refractivity (Wildman–Crippen MR) is 101 cm³/mol. The van der Waals surface area contributed by atoms with Gasteiger partial charge in [-0.15, -0.1) is 24.8 Å². The molecule has 1 saturated carbocycles. The minimum absolute atomic E-state index is 0. The van der Waals surface area contributed by atoms with E-state index in [1.54, 1.807) is 0 Å². The van der Waals surface area contributed by atoms with Crippen LogP contribution in [0.15, 0.2) is 0 Å². The summed E-state index contributed by atoms with van der Waals surface area (Å²) < 4.78 is 2.22. The molecule has 0 bridgehead atoms. The molecule has 0 spiro atoms. The Morgan fingerprint density at radius 1 is 1.33 bits per heavy atom. The molecule has 1 aliphatic heterocycles.